The third-order valence-corrected chi connectivity index (χ3v) is 3.26. The van der Waals surface area contributed by atoms with Crippen molar-refractivity contribution in [1.29, 1.82) is 0 Å². The molecule has 0 aliphatic heterocycles. The van der Waals surface area contributed by atoms with Gasteiger partial charge in [-0.25, -0.2) is 4.39 Å². The molecule has 0 atom stereocenters. The molecule has 5 heteroatoms. The maximum Gasteiger partial charge on any atom is 0.310 e. The zero-order valence-corrected chi connectivity index (χ0v) is 11.6. The Morgan fingerprint density at radius 2 is 2.09 bits per heavy atom. The zero-order valence-electron chi connectivity index (χ0n) is 11.6. The van der Waals surface area contributed by atoms with Crippen molar-refractivity contribution in [3.63, 3.8) is 0 Å². The Morgan fingerprint density at radius 3 is 2.91 bits per heavy atom. The number of rotatable bonds is 4. The van der Waals surface area contributed by atoms with Gasteiger partial charge in [-0.05, 0) is 29.8 Å². The fraction of sp³-hybridized carbons (Fsp3) is 0.118. The van der Waals surface area contributed by atoms with Crippen molar-refractivity contribution in [3.05, 3.63) is 65.7 Å². The second-order valence-corrected chi connectivity index (χ2v) is 4.91. The Balaban J connectivity index is 1.66. The lowest BCUT2D eigenvalue weighted by atomic mass is 10.1. The summed E-state index contributed by atoms with van der Waals surface area (Å²) >= 11 is 0. The monoisotopic (exact) mass is 300 g/mol. The number of halogens is 1. The molecule has 0 fully saturated rings. The Kier molecular flexibility index (Phi) is 3.78. The van der Waals surface area contributed by atoms with Crippen molar-refractivity contribution in [2.45, 2.75) is 13.0 Å². The van der Waals surface area contributed by atoms with Crippen LogP contribution in [0.5, 0.6) is 5.75 Å². The molecule has 0 bridgehead atoms. The van der Waals surface area contributed by atoms with Crippen LogP contribution in [-0.2, 0) is 22.6 Å². The van der Waals surface area contributed by atoms with Crippen LogP contribution in [-0.4, -0.2) is 11.1 Å². The molecule has 0 amide bonds. The highest BCUT2D eigenvalue weighted by Gasteiger charge is 2.12. The van der Waals surface area contributed by atoms with Crippen LogP contribution in [0.1, 0.15) is 11.1 Å². The minimum atomic E-state index is -0.431. The molecule has 0 aliphatic carbocycles. The molecule has 0 spiro atoms. The molecule has 0 aliphatic rings. The minimum Gasteiger partial charge on any atom is -0.508 e. The number of aromatic hydroxyl groups is 1. The molecule has 1 aromatic heterocycles. The van der Waals surface area contributed by atoms with E-state index in [1.165, 1.54) is 30.5 Å². The van der Waals surface area contributed by atoms with Crippen LogP contribution in [0.3, 0.4) is 0 Å². The van der Waals surface area contributed by atoms with Gasteiger partial charge in [0, 0.05) is 17.0 Å². The second-order valence-electron chi connectivity index (χ2n) is 4.91. The molecule has 0 radical (unpaired) electrons. The summed E-state index contributed by atoms with van der Waals surface area (Å²) in [7, 11) is 0. The molecule has 112 valence electrons. The number of carbonyl (C=O) groups is 1. The minimum absolute atomic E-state index is 0.0210. The van der Waals surface area contributed by atoms with Gasteiger partial charge in [-0.1, -0.05) is 12.1 Å². The zero-order chi connectivity index (χ0) is 15.5. The van der Waals surface area contributed by atoms with Gasteiger partial charge in [-0.2, -0.15) is 0 Å². The molecule has 0 unspecified atom stereocenters. The van der Waals surface area contributed by atoms with Crippen LogP contribution in [0.2, 0.25) is 0 Å². The van der Waals surface area contributed by atoms with E-state index in [1.54, 1.807) is 18.2 Å². The van der Waals surface area contributed by atoms with Crippen LogP contribution >= 0.6 is 0 Å². The van der Waals surface area contributed by atoms with E-state index >= 15 is 0 Å². The Morgan fingerprint density at radius 1 is 1.23 bits per heavy atom. The van der Waals surface area contributed by atoms with Gasteiger partial charge in [0.25, 0.3) is 0 Å². The van der Waals surface area contributed by atoms with E-state index in [0.717, 1.165) is 5.39 Å². The molecule has 3 rings (SSSR count). The smallest absolute Gasteiger partial charge is 0.310 e. The van der Waals surface area contributed by atoms with Gasteiger partial charge >= 0.3 is 5.97 Å². The molecule has 22 heavy (non-hydrogen) atoms. The maximum absolute atomic E-state index is 13.0. The molecule has 2 aromatic carbocycles. The number of furan rings is 1. The van der Waals surface area contributed by atoms with E-state index < -0.39 is 5.97 Å². The maximum atomic E-state index is 13.0. The van der Waals surface area contributed by atoms with E-state index in [0.29, 0.717) is 16.7 Å². The number of phenols is 1. The molecule has 1 N–H and O–H groups in total. The first kappa shape index (κ1) is 14.1. The van der Waals surface area contributed by atoms with Gasteiger partial charge in [0.2, 0.25) is 0 Å². The Labute approximate surface area is 125 Å². The SMILES string of the molecule is O=C(Cc1coc2cc(O)ccc12)OCc1cccc(F)c1. The molecular formula is C17H13FO4. The fourth-order valence-electron chi connectivity index (χ4n) is 2.21. The van der Waals surface area contributed by atoms with Crippen molar-refractivity contribution in [3.8, 4) is 5.75 Å². The van der Waals surface area contributed by atoms with Gasteiger partial charge in [0.15, 0.2) is 0 Å². The van der Waals surface area contributed by atoms with E-state index in [2.05, 4.69) is 0 Å². The average Bonchev–Trinajstić information content (AvgIpc) is 2.87. The van der Waals surface area contributed by atoms with Crippen LogP contribution < -0.4 is 0 Å². The van der Waals surface area contributed by atoms with E-state index in [9.17, 15) is 14.3 Å². The van der Waals surface area contributed by atoms with Gasteiger partial charge in [-0.15, -0.1) is 0 Å². The number of ether oxygens (including phenoxy) is 1. The molecule has 4 nitrogen and oxygen atoms in total. The normalized spacial score (nSPS) is 10.8. The summed E-state index contributed by atoms with van der Waals surface area (Å²) < 4.78 is 23.5. The number of benzene rings is 2. The summed E-state index contributed by atoms with van der Waals surface area (Å²) in [6.45, 7) is 0.0210. The summed E-state index contributed by atoms with van der Waals surface area (Å²) in [5.74, 6) is -0.698. The predicted molar refractivity (Wildman–Crippen MR) is 77.8 cm³/mol. The number of hydrogen-bond acceptors (Lipinski definition) is 4. The first-order valence-corrected chi connectivity index (χ1v) is 6.71. The van der Waals surface area contributed by atoms with Crippen LogP contribution in [0.25, 0.3) is 11.0 Å². The van der Waals surface area contributed by atoms with Crippen molar-refractivity contribution >= 4 is 16.9 Å². The first-order valence-electron chi connectivity index (χ1n) is 6.71. The highest BCUT2D eigenvalue weighted by atomic mass is 19.1. The van der Waals surface area contributed by atoms with Crippen LogP contribution in [0, 0.1) is 5.82 Å². The lowest BCUT2D eigenvalue weighted by Gasteiger charge is -2.04. The topological polar surface area (TPSA) is 59.7 Å². The summed E-state index contributed by atoms with van der Waals surface area (Å²) in [6, 6.07) is 10.6. The summed E-state index contributed by atoms with van der Waals surface area (Å²) in [4.78, 5) is 11.9. The molecule has 0 saturated carbocycles. The number of phenolic OH excluding ortho intramolecular Hbond substituents is 1. The van der Waals surface area contributed by atoms with Crippen molar-refractivity contribution in [2.75, 3.05) is 0 Å². The highest BCUT2D eigenvalue weighted by Crippen LogP contribution is 2.25. The third-order valence-electron chi connectivity index (χ3n) is 3.26. The van der Waals surface area contributed by atoms with E-state index in [1.807, 2.05) is 0 Å². The quantitative estimate of drug-likeness (QED) is 0.748. The van der Waals surface area contributed by atoms with Gasteiger partial charge < -0.3 is 14.3 Å². The molecular weight excluding hydrogens is 287 g/mol. The largest absolute Gasteiger partial charge is 0.508 e. The number of esters is 1. The second kappa shape index (κ2) is 5.89. The van der Waals surface area contributed by atoms with Gasteiger partial charge in [0.1, 0.15) is 23.8 Å². The summed E-state index contributed by atoms with van der Waals surface area (Å²) in [5, 5.41) is 10.1. The number of fused-ring (bicyclic) bond motifs is 1. The van der Waals surface area contributed by atoms with Crippen LogP contribution in [0.15, 0.2) is 53.1 Å². The summed E-state index contributed by atoms with van der Waals surface area (Å²) in [5.41, 5.74) is 1.78. The molecule has 1 heterocycles. The number of hydrogen-bond donors (Lipinski definition) is 1. The average molecular weight is 300 g/mol. The van der Waals surface area contributed by atoms with Crippen molar-refractivity contribution in [2.24, 2.45) is 0 Å². The van der Waals surface area contributed by atoms with Gasteiger partial charge in [-0.3, -0.25) is 4.79 Å². The van der Waals surface area contributed by atoms with Crippen LogP contribution in [0.4, 0.5) is 4.39 Å². The molecule has 3 aromatic rings. The standard InChI is InChI=1S/C17H13FO4/c18-13-3-1-2-11(6-13)9-22-17(20)7-12-10-21-16-8-14(19)4-5-15(12)16/h1-6,8,10,19H,7,9H2. The first-order chi connectivity index (χ1) is 10.6. The van der Waals surface area contributed by atoms with E-state index in [4.69, 9.17) is 9.15 Å². The summed E-state index contributed by atoms with van der Waals surface area (Å²) in [6.07, 6.45) is 1.51. The lowest BCUT2D eigenvalue weighted by Crippen LogP contribution is -2.07. The van der Waals surface area contributed by atoms with E-state index in [-0.39, 0.29) is 24.6 Å². The van der Waals surface area contributed by atoms with Crippen molar-refractivity contribution < 1.29 is 23.4 Å². The lowest BCUT2D eigenvalue weighted by molar-refractivity contribution is -0.144. The fourth-order valence-corrected chi connectivity index (χ4v) is 2.21. The Hall–Kier alpha value is -2.82. The van der Waals surface area contributed by atoms with Gasteiger partial charge in [0.05, 0.1) is 12.7 Å². The molecule has 0 saturated heterocycles. The highest BCUT2D eigenvalue weighted by molar-refractivity contribution is 5.86. The third kappa shape index (κ3) is 3.09. The van der Waals surface area contributed by atoms with Crippen molar-refractivity contribution in [1.82, 2.24) is 0 Å². The number of carbonyl (C=O) groups excluding carboxylic acids is 1. The predicted octanol–water partition coefficient (Wildman–Crippen LogP) is 3.56. The Bertz CT molecular complexity index is 822.